The standard InChI is InChI=1S/C22H21N3O6S/c26-22(18-11-9-17(10-12-18)16-31-20-6-2-1-3-7-20)23-13-14-24-32(29,30)21-8-4-5-19(15-21)25(27)28/h1-12,15,24H,13-14,16H2,(H,23,26). The number of carbonyl (C=O) groups is 1. The lowest BCUT2D eigenvalue weighted by molar-refractivity contribution is -0.385. The van der Waals surface area contributed by atoms with Crippen LogP contribution in [0.1, 0.15) is 15.9 Å². The van der Waals surface area contributed by atoms with Crippen LogP contribution < -0.4 is 14.8 Å². The fraction of sp³-hybridized carbons (Fsp3) is 0.136. The summed E-state index contributed by atoms with van der Waals surface area (Å²) in [6, 6.07) is 21.0. The van der Waals surface area contributed by atoms with Crippen molar-refractivity contribution in [2.24, 2.45) is 0 Å². The number of para-hydroxylation sites is 1. The quantitative estimate of drug-likeness (QED) is 0.275. The van der Waals surface area contributed by atoms with Gasteiger partial charge in [-0.2, -0.15) is 0 Å². The van der Waals surface area contributed by atoms with Crippen molar-refractivity contribution in [1.29, 1.82) is 0 Å². The molecule has 0 atom stereocenters. The zero-order valence-electron chi connectivity index (χ0n) is 16.9. The maximum atomic E-state index is 12.3. The molecule has 0 aliphatic carbocycles. The summed E-state index contributed by atoms with van der Waals surface area (Å²) < 4.78 is 32.5. The van der Waals surface area contributed by atoms with Crippen LogP contribution in [0.3, 0.4) is 0 Å². The van der Waals surface area contributed by atoms with Crippen molar-refractivity contribution in [3.05, 3.63) is 100 Å². The first kappa shape index (κ1) is 22.9. The minimum absolute atomic E-state index is 0.0475. The second-order valence-electron chi connectivity index (χ2n) is 6.71. The van der Waals surface area contributed by atoms with Crippen LogP contribution in [0, 0.1) is 10.1 Å². The molecule has 0 bridgehead atoms. The van der Waals surface area contributed by atoms with Gasteiger partial charge < -0.3 is 10.1 Å². The summed E-state index contributed by atoms with van der Waals surface area (Å²) in [5.41, 5.74) is 1.00. The molecule has 166 valence electrons. The van der Waals surface area contributed by atoms with E-state index >= 15 is 0 Å². The Morgan fingerprint density at radius 1 is 0.938 bits per heavy atom. The number of carbonyl (C=O) groups excluding carboxylic acids is 1. The van der Waals surface area contributed by atoms with Crippen LogP contribution in [0.25, 0.3) is 0 Å². The minimum Gasteiger partial charge on any atom is -0.489 e. The van der Waals surface area contributed by atoms with E-state index in [1.807, 2.05) is 30.3 Å². The van der Waals surface area contributed by atoms with Gasteiger partial charge in [0.05, 0.1) is 9.82 Å². The van der Waals surface area contributed by atoms with Crippen LogP contribution in [0.5, 0.6) is 5.75 Å². The predicted octanol–water partition coefficient (Wildman–Crippen LogP) is 2.88. The Hall–Kier alpha value is -3.76. The monoisotopic (exact) mass is 455 g/mol. The van der Waals surface area contributed by atoms with Crippen molar-refractivity contribution in [1.82, 2.24) is 10.0 Å². The molecule has 0 saturated heterocycles. The zero-order valence-corrected chi connectivity index (χ0v) is 17.7. The third-order valence-corrected chi connectivity index (χ3v) is 5.86. The first-order valence-corrected chi connectivity index (χ1v) is 11.1. The molecule has 3 aromatic carbocycles. The van der Waals surface area contributed by atoms with Crippen molar-refractivity contribution < 1.29 is 22.9 Å². The largest absolute Gasteiger partial charge is 0.489 e. The maximum absolute atomic E-state index is 12.3. The molecule has 0 heterocycles. The third kappa shape index (κ3) is 6.37. The van der Waals surface area contributed by atoms with Gasteiger partial charge in [0.1, 0.15) is 12.4 Å². The SMILES string of the molecule is O=C(NCCNS(=O)(=O)c1cccc([N+](=O)[O-])c1)c1ccc(COc2ccccc2)cc1. The lowest BCUT2D eigenvalue weighted by Gasteiger charge is -2.09. The van der Waals surface area contributed by atoms with Crippen LogP contribution in [-0.4, -0.2) is 32.3 Å². The summed E-state index contributed by atoms with van der Waals surface area (Å²) in [5, 5.41) is 13.4. The summed E-state index contributed by atoms with van der Waals surface area (Å²) in [7, 11) is -3.93. The number of hydrogen-bond donors (Lipinski definition) is 2. The van der Waals surface area contributed by atoms with E-state index in [2.05, 4.69) is 10.0 Å². The molecule has 3 aromatic rings. The number of nitro groups is 1. The van der Waals surface area contributed by atoms with E-state index in [9.17, 15) is 23.3 Å². The summed E-state index contributed by atoms with van der Waals surface area (Å²) in [6.45, 7) is 0.344. The Balaban J connectivity index is 1.46. The Morgan fingerprint density at radius 2 is 1.66 bits per heavy atom. The van der Waals surface area contributed by atoms with Crippen molar-refractivity contribution in [3.63, 3.8) is 0 Å². The average Bonchev–Trinajstić information content (AvgIpc) is 2.81. The van der Waals surface area contributed by atoms with Gasteiger partial charge >= 0.3 is 0 Å². The van der Waals surface area contributed by atoms with Gasteiger partial charge in [-0.15, -0.1) is 0 Å². The normalized spacial score (nSPS) is 11.0. The summed E-state index contributed by atoms with van der Waals surface area (Å²) in [6.07, 6.45) is 0. The van der Waals surface area contributed by atoms with Gasteiger partial charge in [0, 0.05) is 30.8 Å². The minimum atomic E-state index is -3.93. The topological polar surface area (TPSA) is 128 Å². The molecule has 0 fully saturated rings. The molecule has 0 spiro atoms. The van der Waals surface area contributed by atoms with E-state index in [1.165, 1.54) is 18.2 Å². The van der Waals surface area contributed by atoms with Gasteiger partial charge in [0.15, 0.2) is 0 Å². The molecule has 0 aromatic heterocycles. The van der Waals surface area contributed by atoms with Crippen molar-refractivity contribution in [3.8, 4) is 5.75 Å². The Morgan fingerprint density at radius 3 is 2.34 bits per heavy atom. The van der Waals surface area contributed by atoms with Crippen LogP contribution in [0.15, 0.2) is 83.8 Å². The number of benzene rings is 3. The number of hydrogen-bond acceptors (Lipinski definition) is 6. The average molecular weight is 455 g/mol. The molecule has 0 unspecified atom stereocenters. The molecular weight excluding hydrogens is 434 g/mol. The van der Waals surface area contributed by atoms with Crippen molar-refractivity contribution >= 4 is 21.6 Å². The second kappa shape index (κ2) is 10.5. The Kier molecular flexibility index (Phi) is 7.53. The van der Waals surface area contributed by atoms with Gasteiger partial charge in [0.25, 0.3) is 11.6 Å². The van der Waals surface area contributed by atoms with Crippen molar-refractivity contribution in [2.45, 2.75) is 11.5 Å². The molecule has 0 radical (unpaired) electrons. The molecule has 32 heavy (non-hydrogen) atoms. The first-order chi connectivity index (χ1) is 15.3. The first-order valence-electron chi connectivity index (χ1n) is 9.64. The van der Waals surface area contributed by atoms with Gasteiger partial charge in [-0.3, -0.25) is 14.9 Å². The van der Waals surface area contributed by atoms with Gasteiger partial charge in [-0.05, 0) is 35.9 Å². The molecule has 10 heteroatoms. The molecule has 2 N–H and O–H groups in total. The fourth-order valence-electron chi connectivity index (χ4n) is 2.75. The summed E-state index contributed by atoms with van der Waals surface area (Å²) >= 11 is 0. The maximum Gasteiger partial charge on any atom is 0.270 e. The zero-order chi connectivity index (χ0) is 23.0. The molecule has 3 rings (SSSR count). The number of nitrogens with one attached hydrogen (secondary N) is 2. The number of non-ortho nitro benzene ring substituents is 1. The smallest absolute Gasteiger partial charge is 0.270 e. The Bertz CT molecular complexity index is 1180. The molecular formula is C22H21N3O6S. The molecule has 9 nitrogen and oxygen atoms in total. The molecule has 0 aliphatic rings. The van der Waals surface area contributed by atoms with E-state index in [1.54, 1.807) is 24.3 Å². The van der Waals surface area contributed by atoms with Gasteiger partial charge in [0.2, 0.25) is 10.0 Å². The highest BCUT2D eigenvalue weighted by molar-refractivity contribution is 7.89. The van der Waals surface area contributed by atoms with E-state index in [-0.39, 0.29) is 29.6 Å². The predicted molar refractivity (Wildman–Crippen MR) is 118 cm³/mol. The molecule has 0 aliphatic heterocycles. The number of rotatable bonds is 10. The summed E-state index contributed by atoms with van der Waals surface area (Å²) in [4.78, 5) is 22.2. The van der Waals surface area contributed by atoms with E-state index in [4.69, 9.17) is 4.74 Å². The van der Waals surface area contributed by atoms with Crippen LogP contribution in [0.2, 0.25) is 0 Å². The van der Waals surface area contributed by atoms with E-state index in [0.29, 0.717) is 12.2 Å². The van der Waals surface area contributed by atoms with Crippen LogP contribution >= 0.6 is 0 Å². The highest BCUT2D eigenvalue weighted by Crippen LogP contribution is 2.17. The summed E-state index contributed by atoms with van der Waals surface area (Å²) in [5.74, 6) is 0.400. The Labute approximate surface area is 185 Å². The lowest BCUT2D eigenvalue weighted by Crippen LogP contribution is -2.34. The number of amides is 1. The van der Waals surface area contributed by atoms with Crippen LogP contribution in [-0.2, 0) is 16.6 Å². The number of ether oxygens (including phenoxy) is 1. The third-order valence-electron chi connectivity index (χ3n) is 4.41. The van der Waals surface area contributed by atoms with Crippen molar-refractivity contribution in [2.75, 3.05) is 13.1 Å². The number of nitro benzene ring substituents is 1. The lowest BCUT2D eigenvalue weighted by atomic mass is 10.1. The van der Waals surface area contributed by atoms with Crippen LogP contribution in [0.4, 0.5) is 5.69 Å². The highest BCUT2D eigenvalue weighted by Gasteiger charge is 2.17. The number of nitrogens with zero attached hydrogens (tertiary/aromatic N) is 1. The molecule has 1 amide bonds. The van der Waals surface area contributed by atoms with E-state index < -0.39 is 14.9 Å². The highest BCUT2D eigenvalue weighted by atomic mass is 32.2. The fourth-order valence-corrected chi connectivity index (χ4v) is 3.82. The molecule has 0 saturated carbocycles. The van der Waals surface area contributed by atoms with Gasteiger partial charge in [-0.1, -0.05) is 36.4 Å². The second-order valence-corrected chi connectivity index (χ2v) is 8.47. The van der Waals surface area contributed by atoms with E-state index in [0.717, 1.165) is 17.4 Å². The van der Waals surface area contributed by atoms with Gasteiger partial charge in [-0.25, -0.2) is 13.1 Å². The number of sulfonamides is 1.